The summed E-state index contributed by atoms with van der Waals surface area (Å²) in [5.74, 6) is 7.05. The Bertz CT molecular complexity index is 365. The van der Waals surface area contributed by atoms with Crippen molar-refractivity contribution in [2.75, 3.05) is 26.7 Å². The molecule has 0 fully saturated rings. The molecule has 1 rings (SSSR count). The third kappa shape index (κ3) is 7.13. The molecular weight excluding hydrogens is 375 g/mol. The van der Waals surface area contributed by atoms with Gasteiger partial charge in [0.2, 0.25) is 0 Å². The Labute approximate surface area is 143 Å². The minimum absolute atomic E-state index is 0.458. The van der Waals surface area contributed by atoms with Gasteiger partial charge >= 0.3 is 0 Å². The lowest BCUT2D eigenvalue weighted by Crippen LogP contribution is -2.36. The van der Waals surface area contributed by atoms with Crippen LogP contribution in [-0.2, 0) is 0 Å². The first-order valence-corrected chi connectivity index (χ1v) is 9.16. The van der Waals surface area contributed by atoms with Gasteiger partial charge in [0.05, 0.1) is 4.05 Å². The molecule has 0 saturated heterocycles. The Hall–Kier alpha value is -0.110. The zero-order valence-electron chi connectivity index (χ0n) is 13.8. The van der Waals surface area contributed by atoms with Gasteiger partial charge < -0.3 is 10.6 Å². The van der Waals surface area contributed by atoms with Crippen molar-refractivity contribution >= 4 is 22.6 Å². The van der Waals surface area contributed by atoms with Crippen LogP contribution in [0, 0.1) is 11.8 Å². The summed E-state index contributed by atoms with van der Waals surface area (Å²) in [5, 5.41) is 8.80. The van der Waals surface area contributed by atoms with Crippen LogP contribution >= 0.6 is 22.6 Å². The summed E-state index contributed by atoms with van der Waals surface area (Å²) in [6, 6.07) is 0. The number of nitrogens with zero attached hydrogens (tertiary/aromatic N) is 1. The summed E-state index contributed by atoms with van der Waals surface area (Å²) < 4.78 is 0.458. The fourth-order valence-corrected chi connectivity index (χ4v) is 3.55. The Balaban J connectivity index is 2.65. The van der Waals surface area contributed by atoms with Crippen molar-refractivity contribution in [3.63, 3.8) is 0 Å². The van der Waals surface area contributed by atoms with Gasteiger partial charge in [-0.15, -0.1) is 0 Å². The number of hydrazine groups is 1. The van der Waals surface area contributed by atoms with E-state index in [0.29, 0.717) is 15.9 Å². The van der Waals surface area contributed by atoms with Gasteiger partial charge in [-0.3, -0.25) is 5.84 Å². The van der Waals surface area contributed by atoms with Crippen molar-refractivity contribution in [2.24, 2.45) is 17.7 Å². The Morgan fingerprint density at radius 1 is 1.48 bits per heavy atom. The maximum absolute atomic E-state index is 5.85. The van der Waals surface area contributed by atoms with Crippen molar-refractivity contribution in [2.45, 2.75) is 37.7 Å². The van der Waals surface area contributed by atoms with Crippen LogP contribution in [0.2, 0.25) is 0 Å². The van der Waals surface area contributed by atoms with Crippen LogP contribution in [0.1, 0.15) is 33.6 Å². The van der Waals surface area contributed by atoms with Crippen LogP contribution in [0.5, 0.6) is 0 Å². The van der Waals surface area contributed by atoms with E-state index in [0.717, 1.165) is 32.5 Å². The van der Waals surface area contributed by atoms with E-state index in [-0.39, 0.29) is 0 Å². The van der Waals surface area contributed by atoms with Gasteiger partial charge in [-0.1, -0.05) is 54.5 Å². The average molecular weight is 406 g/mol. The normalized spacial score (nSPS) is 21.8. The van der Waals surface area contributed by atoms with E-state index in [1.807, 2.05) is 12.1 Å². The van der Waals surface area contributed by atoms with Crippen LogP contribution in [-0.4, -0.2) is 35.7 Å². The van der Waals surface area contributed by atoms with E-state index in [2.05, 4.69) is 66.1 Å². The standard InChI is InChI=1S/C16H31IN4/c1-5-13(11-21(4)18)14-7-12(3)8-15(9-14)20-10-16(17)19-6-2/h8-9,13-14,16,19-20H,5-7,10-11,18H2,1-4H3. The summed E-state index contributed by atoms with van der Waals surface area (Å²) in [4.78, 5) is 0. The maximum atomic E-state index is 5.85. The molecule has 21 heavy (non-hydrogen) atoms. The van der Waals surface area contributed by atoms with Gasteiger partial charge in [0.1, 0.15) is 0 Å². The Morgan fingerprint density at radius 3 is 2.76 bits per heavy atom. The molecule has 4 N–H and O–H groups in total. The largest absolute Gasteiger partial charge is 0.383 e. The second kappa shape index (κ2) is 9.82. The molecule has 0 aromatic rings. The fourth-order valence-electron chi connectivity index (χ4n) is 2.88. The molecule has 0 amide bonds. The SMILES string of the molecule is CCNC(I)CNC1=CC(C(CC)CN(C)N)CC(C)=C1. The highest BCUT2D eigenvalue weighted by molar-refractivity contribution is 14.1. The summed E-state index contributed by atoms with van der Waals surface area (Å²) in [6.07, 6.45) is 7.00. The monoisotopic (exact) mass is 406 g/mol. The summed E-state index contributed by atoms with van der Waals surface area (Å²) >= 11 is 2.44. The van der Waals surface area contributed by atoms with Gasteiger partial charge in [-0.05, 0) is 37.8 Å². The van der Waals surface area contributed by atoms with Crippen LogP contribution in [0.25, 0.3) is 0 Å². The lowest BCUT2D eigenvalue weighted by Gasteiger charge is -2.30. The molecule has 1 aliphatic carbocycles. The lowest BCUT2D eigenvalue weighted by atomic mass is 9.81. The number of halogens is 1. The number of alkyl halides is 1. The molecular formula is C16H31IN4. The second-order valence-corrected chi connectivity index (χ2v) is 7.50. The van der Waals surface area contributed by atoms with Crippen molar-refractivity contribution in [3.05, 3.63) is 23.4 Å². The molecule has 0 heterocycles. The molecule has 0 aromatic carbocycles. The zero-order valence-corrected chi connectivity index (χ0v) is 16.0. The van der Waals surface area contributed by atoms with Crippen LogP contribution in [0.4, 0.5) is 0 Å². The average Bonchev–Trinajstić information content (AvgIpc) is 2.42. The molecule has 122 valence electrons. The number of rotatable bonds is 9. The summed E-state index contributed by atoms with van der Waals surface area (Å²) in [5.41, 5.74) is 2.72. The zero-order chi connectivity index (χ0) is 15.8. The van der Waals surface area contributed by atoms with Crippen molar-refractivity contribution in [1.29, 1.82) is 0 Å². The lowest BCUT2D eigenvalue weighted by molar-refractivity contribution is 0.237. The molecule has 0 bridgehead atoms. The van der Waals surface area contributed by atoms with E-state index in [1.165, 1.54) is 11.3 Å². The smallest absolute Gasteiger partial charge is 0.0768 e. The van der Waals surface area contributed by atoms with Gasteiger partial charge in [0.15, 0.2) is 0 Å². The van der Waals surface area contributed by atoms with E-state index < -0.39 is 0 Å². The second-order valence-electron chi connectivity index (χ2n) is 5.99. The van der Waals surface area contributed by atoms with Crippen molar-refractivity contribution in [3.8, 4) is 0 Å². The van der Waals surface area contributed by atoms with Crippen LogP contribution in [0.3, 0.4) is 0 Å². The molecule has 0 aliphatic heterocycles. The van der Waals surface area contributed by atoms with Gasteiger partial charge in [0, 0.05) is 25.8 Å². The third-order valence-corrected chi connectivity index (χ3v) is 4.80. The van der Waals surface area contributed by atoms with Gasteiger partial charge in [-0.2, -0.15) is 0 Å². The van der Waals surface area contributed by atoms with E-state index >= 15 is 0 Å². The minimum atomic E-state index is 0.458. The van der Waals surface area contributed by atoms with Crippen LogP contribution < -0.4 is 16.5 Å². The number of nitrogens with two attached hydrogens (primary N) is 1. The quantitative estimate of drug-likeness (QED) is 0.181. The first-order valence-electron chi connectivity index (χ1n) is 7.92. The maximum Gasteiger partial charge on any atom is 0.0768 e. The molecule has 4 nitrogen and oxygen atoms in total. The summed E-state index contributed by atoms with van der Waals surface area (Å²) in [7, 11) is 1.95. The van der Waals surface area contributed by atoms with E-state index in [1.54, 1.807) is 0 Å². The van der Waals surface area contributed by atoms with Crippen LogP contribution in [0.15, 0.2) is 23.4 Å². The van der Waals surface area contributed by atoms with Gasteiger partial charge in [0.25, 0.3) is 0 Å². The molecule has 0 saturated carbocycles. The third-order valence-electron chi connectivity index (χ3n) is 3.92. The molecule has 3 unspecified atom stereocenters. The molecule has 1 aliphatic rings. The van der Waals surface area contributed by atoms with E-state index in [9.17, 15) is 0 Å². The Kier molecular flexibility index (Phi) is 8.85. The number of nitrogens with one attached hydrogen (secondary N) is 2. The molecule has 0 radical (unpaired) electrons. The highest BCUT2D eigenvalue weighted by Crippen LogP contribution is 2.29. The molecule has 3 atom stereocenters. The first kappa shape index (κ1) is 18.9. The predicted octanol–water partition coefficient (Wildman–Crippen LogP) is 2.63. The van der Waals surface area contributed by atoms with E-state index in [4.69, 9.17) is 5.84 Å². The number of hydrogen-bond donors (Lipinski definition) is 3. The molecule has 0 spiro atoms. The fraction of sp³-hybridized carbons (Fsp3) is 0.750. The molecule has 5 heteroatoms. The Morgan fingerprint density at radius 2 is 2.19 bits per heavy atom. The highest BCUT2D eigenvalue weighted by Gasteiger charge is 2.22. The molecule has 0 aromatic heterocycles. The highest BCUT2D eigenvalue weighted by atomic mass is 127. The number of likely N-dealkylation sites (N-methyl/N-ethyl adjacent to an activating group) is 1. The number of allylic oxidation sites excluding steroid dienone is 3. The van der Waals surface area contributed by atoms with Crippen molar-refractivity contribution in [1.82, 2.24) is 15.6 Å². The van der Waals surface area contributed by atoms with Crippen molar-refractivity contribution < 1.29 is 0 Å². The predicted molar refractivity (Wildman–Crippen MR) is 100 cm³/mol. The summed E-state index contributed by atoms with van der Waals surface area (Å²) in [6.45, 7) is 9.53. The number of hydrogen-bond acceptors (Lipinski definition) is 4. The topological polar surface area (TPSA) is 53.3 Å². The minimum Gasteiger partial charge on any atom is -0.383 e. The van der Waals surface area contributed by atoms with Gasteiger partial charge in [-0.25, -0.2) is 5.01 Å². The first-order chi connectivity index (χ1) is 9.96.